The third-order valence-corrected chi connectivity index (χ3v) is 3.99. The van der Waals surface area contributed by atoms with Gasteiger partial charge < -0.3 is 15.2 Å². The molecule has 0 spiro atoms. The van der Waals surface area contributed by atoms with Crippen molar-refractivity contribution in [1.82, 2.24) is 5.32 Å². The monoisotopic (exact) mass is 227 g/mol. The van der Waals surface area contributed by atoms with Crippen LogP contribution in [0.2, 0.25) is 0 Å². The maximum atomic E-state index is 9.72. The predicted octanol–water partition coefficient (Wildman–Crippen LogP) is 1.84. The lowest BCUT2D eigenvalue weighted by Gasteiger charge is -2.44. The van der Waals surface area contributed by atoms with Crippen LogP contribution in [0.5, 0.6) is 0 Å². The zero-order valence-corrected chi connectivity index (χ0v) is 10.5. The molecule has 16 heavy (non-hydrogen) atoms. The topological polar surface area (TPSA) is 41.5 Å². The van der Waals surface area contributed by atoms with Gasteiger partial charge in [-0.1, -0.05) is 12.8 Å². The van der Waals surface area contributed by atoms with Crippen molar-refractivity contribution < 1.29 is 9.84 Å². The Morgan fingerprint density at radius 3 is 2.25 bits per heavy atom. The van der Waals surface area contributed by atoms with Crippen molar-refractivity contribution in [3.63, 3.8) is 0 Å². The van der Waals surface area contributed by atoms with Crippen LogP contribution < -0.4 is 5.32 Å². The van der Waals surface area contributed by atoms with Gasteiger partial charge in [-0.3, -0.25) is 0 Å². The quantitative estimate of drug-likeness (QED) is 0.773. The summed E-state index contributed by atoms with van der Waals surface area (Å²) in [5.41, 5.74) is -0.0912. The number of aliphatic hydroxyl groups is 1. The second-order valence-electron chi connectivity index (χ2n) is 5.73. The van der Waals surface area contributed by atoms with Crippen molar-refractivity contribution in [1.29, 1.82) is 0 Å². The molecule has 0 radical (unpaired) electrons. The van der Waals surface area contributed by atoms with E-state index in [2.05, 4.69) is 19.2 Å². The SMILES string of the molecule is CC1CC(CO)(NC2CCCC2)CC(C)O1. The molecule has 0 aromatic rings. The highest BCUT2D eigenvalue weighted by molar-refractivity contribution is 4.97. The number of nitrogens with one attached hydrogen (secondary N) is 1. The van der Waals surface area contributed by atoms with E-state index >= 15 is 0 Å². The summed E-state index contributed by atoms with van der Waals surface area (Å²) >= 11 is 0. The summed E-state index contributed by atoms with van der Waals surface area (Å²) in [6.45, 7) is 4.45. The van der Waals surface area contributed by atoms with Gasteiger partial charge in [-0.15, -0.1) is 0 Å². The Hall–Kier alpha value is -0.120. The smallest absolute Gasteiger partial charge is 0.0615 e. The van der Waals surface area contributed by atoms with Gasteiger partial charge in [0.1, 0.15) is 0 Å². The molecule has 1 saturated heterocycles. The lowest BCUT2D eigenvalue weighted by Crippen LogP contribution is -2.58. The Morgan fingerprint density at radius 2 is 1.75 bits per heavy atom. The first-order chi connectivity index (χ1) is 7.63. The van der Waals surface area contributed by atoms with Gasteiger partial charge in [-0.05, 0) is 39.5 Å². The molecule has 0 amide bonds. The first-order valence-corrected chi connectivity index (χ1v) is 6.67. The molecule has 3 nitrogen and oxygen atoms in total. The minimum atomic E-state index is -0.0912. The van der Waals surface area contributed by atoms with Gasteiger partial charge in [0.25, 0.3) is 0 Å². The van der Waals surface area contributed by atoms with Crippen LogP contribution >= 0.6 is 0 Å². The normalized spacial score (nSPS) is 41.4. The molecule has 2 atom stereocenters. The maximum absolute atomic E-state index is 9.72. The van der Waals surface area contributed by atoms with E-state index in [4.69, 9.17) is 4.74 Å². The van der Waals surface area contributed by atoms with E-state index in [9.17, 15) is 5.11 Å². The average molecular weight is 227 g/mol. The highest BCUT2D eigenvalue weighted by Crippen LogP contribution is 2.31. The predicted molar refractivity (Wildman–Crippen MR) is 64.5 cm³/mol. The Balaban J connectivity index is 1.99. The summed E-state index contributed by atoms with van der Waals surface area (Å²) in [6.07, 6.45) is 7.59. The zero-order chi connectivity index (χ0) is 11.6. The van der Waals surface area contributed by atoms with E-state index in [1.54, 1.807) is 0 Å². The molecule has 1 saturated carbocycles. The summed E-state index contributed by atoms with van der Waals surface area (Å²) in [5.74, 6) is 0. The van der Waals surface area contributed by atoms with Crippen LogP contribution in [0.4, 0.5) is 0 Å². The summed E-state index contributed by atoms with van der Waals surface area (Å²) < 4.78 is 5.76. The third kappa shape index (κ3) is 2.76. The van der Waals surface area contributed by atoms with Gasteiger partial charge >= 0.3 is 0 Å². The fourth-order valence-electron chi connectivity index (χ4n) is 3.47. The summed E-state index contributed by atoms with van der Waals surface area (Å²) in [7, 11) is 0. The van der Waals surface area contributed by atoms with Gasteiger partial charge in [0, 0.05) is 11.6 Å². The highest BCUT2D eigenvalue weighted by Gasteiger charge is 2.39. The van der Waals surface area contributed by atoms with Gasteiger partial charge in [-0.2, -0.15) is 0 Å². The molecule has 2 aliphatic rings. The Kier molecular flexibility index (Phi) is 3.88. The lowest BCUT2D eigenvalue weighted by molar-refractivity contribution is -0.0837. The number of ether oxygens (including phenoxy) is 1. The molecular formula is C13H25NO2. The lowest BCUT2D eigenvalue weighted by atomic mass is 9.84. The van der Waals surface area contributed by atoms with Gasteiger partial charge in [0.2, 0.25) is 0 Å². The number of hydrogen-bond donors (Lipinski definition) is 2. The van der Waals surface area contributed by atoms with E-state index < -0.39 is 0 Å². The summed E-state index contributed by atoms with van der Waals surface area (Å²) in [4.78, 5) is 0. The first-order valence-electron chi connectivity index (χ1n) is 6.67. The molecule has 0 bridgehead atoms. The second kappa shape index (κ2) is 5.03. The first kappa shape index (κ1) is 12.3. The van der Waals surface area contributed by atoms with Crippen LogP contribution in [0.1, 0.15) is 52.4 Å². The number of rotatable bonds is 3. The van der Waals surface area contributed by atoms with Crippen LogP contribution in [-0.4, -0.2) is 35.5 Å². The largest absolute Gasteiger partial charge is 0.394 e. The zero-order valence-electron chi connectivity index (χ0n) is 10.5. The minimum Gasteiger partial charge on any atom is -0.394 e. The second-order valence-corrected chi connectivity index (χ2v) is 5.73. The highest BCUT2D eigenvalue weighted by atomic mass is 16.5. The molecule has 2 fully saturated rings. The van der Waals surface area contributed by atoms with Gasteiger partial charge in [0.15, 0.2) is 0 Å². The Labute approximate surface area is 98.6 Å². The van der Waals surface area contributed by atoms with E-state index in [1.165, 1.54) is 25.7 Å². The van der Waals surface area contributed by atoms with Gasteiger partial charge in [-0.25, -0.2) is 0 Å². The fourth-order valence-corrected chi connectivity index (χ4v) is 3.47. The van der Waals surface area contributed by atoms with Crippen molar-refractivity contribution in [2.75, 3.05) is 6.61 Å². The maximum Gasteiger partial charge on any atom is 0.0615 e. The molecule has 1 aliphatic heterocycles. The molecule has 94 valence electrons. The third-order valence-electron chi connectivity index (χ3n) is 3.99. The number of aliphatic hydroxyl groups excluding tert-OH is 1. The molecule has 3 heteroatoms. The van der Waals surface area contributed by atoms with Crippen molar-refractivity contribution in [2.45, 2.75) is 76.2 Å². The van der Waals surface area contributed by atoms with E-state index in [1.807, 2.05) is 0 Å². The summed E-state index contributed by atoms with van der Waals surface area (Å²) in [6, 6.07) is 0.615. The van der Waals surface area contributed by atoms with Crippen LogP contribution in [-0.2, 0) is 4.74 Å². The molecular weight excluding hydrogens is 202 g/mol. The van der Waals surface area contributed by atoms with Gasteiger partial charge in [0.05, 0.1) is 18.8 Å². The Bertz CT molecular complexity index is 216. The molecule has 2 N–H and O–H groups in total. The van der Waals surface area contributed by atoms with Crippen LogP contribution in [0.15, 0.2) is 0 Å². The summed E-state index contributed by atoms with van der Waals surface area (Å²) in [5, 5.41) is 13.4. The van der Waals surface area contributed by atoms with E-state index in [-0.39, 0.29) is 24.4 Å². The standard InChI is InChI=1S/C13H25NO2/c1-10-7-13(9-15,8-11(2)16-10)14-12-5-3-4-6-12/h10-12,14-15H,3-9H2,1-2H3. The van der Waals surface area contributed by atoms with Crippen molar-refractivity contribution >= 4 is 0 Å². The number of hydrogen-bond acceptors (Lipinski definition) is 3. The molecule has 2 unspecified atom stereocenters. The van der Waals surface area contributed by atoms with Crippen LogP contribution in [0, 0.1) is 0 Å². The fraction of sp³-hybridized carbons (Fsp3) is 1.00. The Morgan fingerprint density at radius 1 is 1.19 bits per heavy atom. The van der Waals surface area contributed by atoms with E-state index in [0.29, 0.717) is 6.04 Å². The van der Waals surface area contributed by atoms with Crippen molar-refractivity contribution in [3.05, 3.63) is 0 Å². The molecule has 1 heterocycles. The molecule has 0 aromatic carbocycles. The van der Waals surface area contributed by atoms with E-state index in [0.717, 1.165) is 12.8 Å². The van der Waals surface area contributed by atoms with Crippen molar-refractivity contribution in [2.24, 2.45) is 0 Å². The molecule has 0 aromatic heterocycles. The molecule has 2 rings (SSSR count). The molecule has 1 aliphatic carbocycles. The van der Waals surface area contributed by atoms with Crippen LogP contribution in [0.3, 0.4) is 0 Å². The van der Waals surface area contributed by atoms with Crippen LogP contribution in [0.25, 0.3) is 0 Å². The van der Waals surface area contributed by atoms with Crippen molar-refractivity contribution in [3.8, 4) is 0 Å². The average Bonchev–Trinajstić information content (AvgIpc) is 2.68. The minimum absolute atomic E-state index is 0.0912.